The summed E-state index contributed by atoms with van der Waals surface area (Å²) in [7, 11) is 3.08. The second-order valence-electron chi connectivity index (χ2n) is 4.27. The summed E-state index contributed by atoms with van der Waals surface area (Å²) in [6.07, 6.45) is 0.196. The number of rotatable bonds is 5. The van der Waals surface area contributed by atoms with Crippen molar-refractivity contribution in [2.24, 2.45) is 0 Å². The Morgan fingerprint density at radius 1 is 1.33 bits per heavy atom. The largest absolute Gasteiger partial charge is 0.478 e. The normalized spacial score (nSPS) is 9.86. The van der Waals surface area contributed by atoms with E-state index in [9.17, 15) is 14.4 Å². The number of aromatic carboxylic acids is 1. The zero-order valence-electron chi connectivity index (χ0n) is 11.6. The van der Waals surface area contributed by atoms with Gasteiger partial charge in [0.1, 0.15) is 0 Å². The van der Waals surface area contributed by atoms with Crippen molar-refractivity contribution in [3.05, 3.63) is 28.2 Å². The first-order chi connectivity index (χ1) is 9.85. The van der Waals surface area contributed by atoms with Crippen molar-refractivity contribution in [3.8, 4) is 0 Å². The van der Waals surface area contributed by atoms with Gasteiger partial charge in [-0.1, -0.05) is 0 Å². The Balaban J connectivity index is 2.68. The molecule has 3 amide bonds. The first-order valence-electron chi connectivity index (χ1n) is 6.10. The molecule has 0 aliphatic rings. The third kappa shape index (κ3) is 5.07. The van der Waals surface area contributed by atoms with Crippen LogP contribution >= 0.6 is 15.9 Å². The molecular weight excluding hydrogens is 342 g/mol. The van der Waals surface area contributed by atoms with Gasteiger partial charge in [-0.05, 0) is 34.1 Å². The van der Waals surface area contributed by atoms with E-state index in [4.69, 9.17) is 5.11 Å². The molecule has 0 unspecified atom stereocenters. The number of carbonyl (C=O) groups excluding carboxylic acids is 2. The van der Waals surface area contributed by atoms with Gasteiger partial charge in [0.2, 0.25) is 5.91 Å². The van der Waals surface area contributed by atoms with Crippen molar-refractivity contribution in [2.75, 3.05) is 26.0 Å². The number of hydrogen-bond donors (Lipinski definition) is 3. The van der Waals surface area contributed by atoms with Crippen LogP contribution in [0.25, 0.3) is 0 Å². The number of anilines is 1. The SMILES string of the molecule is CNC(=O)CCN(C)C(=O)Nc1ccc(Br)c(C(=O)O)c1. The summed E-state index contributed by atoms with van der Waals surface area (Å²) in [6.45, 7) is 0.258. The maximum atomic E-state index is 11.9. The van der Waals surface area contributed by atoms with E-state index < -0.39 is 12.0 Å². The number of benzene rings is 1. The molecule has 0 fully saturated rings. The third-order valence-electron chi connectivity index (χ3n) is 2.75. The van der Waals surface area contributed by atoms with Gasteiger partial charge in [-0.25, -0.2) is 9.59 Å². The fourth-order valence-corrected chi connectivity index (χ4v) is 1.90. The van der Waals surface area contributed by atoms with E-state index in [2.05, 4.69) is 26.6 Å². The minimum Gasteiger partial charge on any atom is -0.478 e. The van der Waals surface area contributed by atoms with Gasteiger partial charge in [-0.15, -0.1) is 0 Å². The Morgan fingerprint density at radius 3 is 2.57 bits per heavy atom. The van der Waals surface area contributed by atoms with Crippen molar-refractivity contribution < 1.29 is 19.5 Å². The minimum absolute atomic E-state index is 0.0563. The summed E-state index contributed by atoms with van der Waals surface area (Å²) in [5.41, 5.74) is 0.424. The lowest BCUT2D eigenvalue weighted by Gasteiger charge is -2.17. The van der Waals surface area contributed by atoms with Gasteiger partial charge >= 0.3 is 12.0 Å². The van der Waals surface area contributed by atoms with Crippen LogP contribution < -0.4 is 10.6 Å². The second kappa shape index (κ2) is 7.63. The van der Waals surface area contributed by atoms with Crippen LogP contribution in [0.5, 0.6) is 0 Å². The van der Waals surface area contributed by atoms with Crippen LogP contribution in [-0.2, 0) is 4.79 Å². The van der Waals surface area contributed by atoms with Crippen LogP contribution in [0.1, 0.15) is 16.8 Å². The quantitative estimate of drug-likeness (QED) is 0.747. The van der Waals surface area contributed by atoms with Crippen LogP contribution in [0, 0.1) is 0 Å². The Morgan fingerprint density at radius 2 is 2.00 bits per heavy atom. The maximum absolute atomic E-state index is 11.9. The molecule has 1 rings (SSSR count). The lowest BCUT2D eigenvalue weighted by Crippen LogP contribution is -2.34. The minimum atomic E-state index is -1.09. The molecule has 0 aliphatic carbocycles. The highest BCUT2D eigenvalue weighted by Crippen LogP contribution is 2.21. The first kappa shape index (κ1) is 17.0. The van der Waals surface area contributed by atoms with E-state index in [1.165, 1.54) is 18.0 Å². The second-order valence-corrected chi connectivity index (χ2v) is 5.13. The average Bonchev–Trinajstić information content (AvgIpc) is 2.45. The van der Waals surface area contributed by atoms with Gasteiger partial charge < -0.3 is 20.6 Å². The molecule has 0 aromatic heterocycles. The highest BCUT2D eigenvalue weighted by molar-refractivity contribution is 9.10. The van der Waals surface area contributed by atoms with E-state index in [0.29, 0.717) is 10.2 Å². The number of nitrogens with one attached hydrogen (secondary N) is 2. The highest BCUT2D eigenvalue weighted by atomic mass is 79.9. The standard InChI is InChI=1S/C13H16BrN3O4/c1-15-11(18)5-6-17(2)13(21)16-8-3-4-10(14)9(7-8)12(19)20/h3-4,7H,5-6H2,1-2H3,(H,15,18)(H,16,21)(H,19,20). The molecule has 0 saturated heterocycles. The zero-order chi connectivity index (χ0) is 16.0. The Labute approximate surface area is 130 Å². The molecule has 0 radical (unpaired) electrons. The molecule has 8 heteroatoms. The number of carbonyl (C=O) groups is 3. The Kier molecular flexibility index (Phi) is 6.16. The lowest BCUT2D eigenvalue weighted by molar-refractivity contribution is -0.120. The summed E-state index contributed by atoms with van der Waals surface area (Å²) < 4.78 is 0.431. The summed E-state index contributed by atoms with van der Waals surface area (Å²) in [4.78, 5) is 35.4. The average molecular weight is 358 g/mol. The molecule has 0 spiro atoms. The Hall–Kier alpha value is -2.09. The van der Waals surface area contributed by atoms with E-state index in [1.807, 2.05) is 0 Å². The van der Waals surface area contributed by atoms with Crippen LogP contribution in [0.4, 0.5) is 10.5 Å². The molecule has 0 saturated carbocycles. The molecule has 21 heavy (non-hydrogen) atoms. The van der Waals surface area contributed by atoms with Gasteiger partial charge in [0.05, 0.1) is 5.56 Å². The number of hydrogen-bond acceptors (Lipinski definition) is 3. The van der Waals surface area contributed by atoms with E-state index in [0.717, 1.165) is 0 Å². The van der Waals surface area contributed by atoms with Crippen LogP contribution in [-0.4, -0.2) is 48.6 Å². The van der Waals surface area contributed by atoms with Gasteiger partial charge in [0, 0.05) is 37.2 Å². The van der Waals surface area contributed by atoms with Crippen LogP contribution in [0.3, 0.4) is 0 Å². The number of carboxylic acid groups (broad SMARTS) is 1. The number of amides is 3. The molecule has 114 valence electrons. The molecule has 1 aromatic rings. The fraction of sp³-hybridized carbons (Fsp3) is 0.308. The third-order valence-corrected chi connectivity index (χ3v) is 3.44. The maximum Gasteiger partial charge on any atom is 0.336 e. The van der Waals surface area contributed by atoms with Gasteiger partial charge in [-0.2, -0.15) is 0 Å². The number of urea groups is 1. The van der Waals surface area contributed by atoms with Gasteiger partial charge in [-0.3, -0.25) is 4.79 Å². The van der Waals surface area contributed by atoms with E-state index in [1.54, 1.807) is 19.2 Å². The molecule has 0 aliphatic heterocycles. The summed E-state index contributed by atoms with van der Waals surface area (Å²) in [6, 6.07) is 4.07. The van der Waals surface area contributed by atoms with Gasteiger partial charge in [0.25, 0.3) is 0 Å². The number of nitrogens with zero attached hydrogens (tertiary/aromatic N) is 1. The van der Waals surface area contributed by atoms with E-state index in [-0.39, 0.29) is 24.4 Å². The van der Waals surface area contributed by atoms with Crippen molar-refractivity contribution >= 4 is 39.5 Å². The van der Waals surface area contributed by atoms with E-state index >= 15 is 0 Å². The Bertz CT molecular complexity index is 562. The smallest absolute Gasteiger partial charge is 0.336 e. The predicted molar refractivity (Wildman–Crippen MR) is 81.4 cm³/mol. The number of carboxylic acids is 1. The molecule has 0 heterocycles. The fourth-order valence-electron chi connectivity index (χ4n) is 1.48. The molecule has 1 aromatic carbocycles. The first-order valence-corrected chi connectivity index (χ1v) is 6.90. The lowest BCUT2D eigenvalue weighted by atomic mass is 10.2. The molecule has 0 bridgehead atoms. The molecule has 0 atom stereocenters. The molecular formula is C13H16BrN3O4. The van der Waals surface area contributed by atoms with Crippen LogP contribution in [0.2, 0.25) is 0 Å². The summed E-state index contributed by atoms with van der Waals surface area (Å²) in [5.74, 6) is -1.25. The van der Waals surface area contributed by atoms with Crippen LogP contribution in [0.15, 0.2) is 22.7 Å². The number of halogens is 1. The van der Waals surface area contributed by atoms with Crippen molar-refractivity contribution in [2.45, 2.75) is 6.42 Å². The molecule has 7 nitrogen and oxygen atoms in total. The van der Waals surface area contributed by atoms with Crippen molar-refractivity contribution in [3.63, 3.8) is 0 Å². The topological polar surface area (TPSA) is 98.7 Å². The summed E-state index contributed by atoms with van der Waals surface area (Å²) in [5, 5.41) is 14.1. The molecule has 3 N–H and O–H groups in total. The zero-order valence-corrected chi connectivity index (χ0v) is 13.2. The van der Waals surface area contributed by atoms with Crippen molar-refractivity contribution in [1.82, 2.24) is 10.2 Å². The predicted octanol–water partition coefficient (Wildman–Crippen LogP) is 1.75. The monoisotopic (exact) mass is 357 g/mol. The summed E-state index contributed by atoms with van der Waals surface area (Å²) >= 11 is 3.13. The van der Waals surface area contributed by atoms with Crippen molar-refractivity contribution in [1.29, 1.82) is 0 Å². The van der Waals surface area contributed by atoms with Gasteiger partial charge in [0.15, 0.2) is 0 Å². The highest BCUT2D eigenvalue weighted by Gasteiger charge is 2.13.